The van der Waals surface area contributed by atoms with Crippen LogP contribution >= 0.6 is 0 Å². The van der Waals surface area contributed by atoms with Crippen molar-refractivity contribution in [1.29, 1.82) is 0 Å². The first-order valence-corrected chi connectivity index (χ1v) is 10.7. The third-order valence-corrected chi connectivity index (χ3v) is 5.92. The number of quaternary nitrogens is 1. The molecular weight excluding hydrogens is 380 g/mol. The Morgan fingerprint density at radius 3 is 2.63 bits per heavy atom. The number of para-hydroxylation sites is 2. The summed E-state index contributed by atoms with van der Waals surface area (Å²) in [6.07, 6.45) is 3.91. The zero-order chi connectivity index (χ0) is 20.9. The van der Waals surface area contributed by atoms with E-state index in [1.807, 2.05) is 60.6 Å². The first-order chi connectivity index (χ1) is 14.7. The van der Waals surface area contributed by atoms with E-state index in [1.54, 1.807) is 4.90 Å². The Morgan fingerprint density at radius 1 is 1.17 bits per heavy atom. The van der Waals surface area contributed by atoms with E-state index in [2.05, 4.69) is 4.98 Å². The van der Waals surface area contributed by atoms with Gasteiger partial charge in [-0.2, -0.15) is 0 Å². The van der Waals surface area contributed by atoms with Crippen molar-refractivity contribution in [2.45, 2.75) is 19.9 Å². The van der Waals surface area contributed by atoms with Crippen molar-refractivity contribution in [3.8, 4) is 5.75 Å². The number of hydrogen-bond donors (Lipinski definition) is 1. The van der Waals surface area contributed by atoms with Crippen LogP contribution in [0.1, 0.15) is 18.9 Å². The number of carbonyl (C=O) groups is 2. The molecule has 2 aromatic rings. The second kappa shape index (κ2) is 9.26. The van der Waals surface area contributed by atoms with Gasteiger partial charge in [0.15, 0.2) is 0 Å². The number of pyridine rings is 1. The van der Waals surface area contributed by atoms with Crippen molar-refractivity contribution in [2.75, 3.05) is 44.2 Å². The largest absolute Gasteiger partial charge is 0.492 e. The average Bonchev–Trinajstić information content (AvgIpc) is 3.16. The van der Waals surface area contributed by atoms with E-state index < -0.39 is 0 Å². The molecule has 2 aliphatic heterocycles. The summed E-state index contributed by atoms with van der Waals surface area (Å²) >= 11 is 0. The van der Waals surface area contributed by atoms with Crippen molar-refractivity contribution in [3.05, 3.63) is 54.4 Å². The number of carbonyl (C=O) groups excluding carboxylic acids is 2. The van der Waals surface area contributed by atoms with Crippen LogP contribution in [-0.4, -0.2) is 61.0 Å². The van der Waals surface area contributed by atoms with E-state index >= 15 is 0 Å². The maximum atomic E-state index is 13.1. The third-order valence-electron chi connectivity index (χ3n) is 5.92. The van der Waals surface area contributed by atoms with Crippen LogP contribution in [-0.2, 0) is 16.1 Å². The molecule has 30 heavy (non-hydrogen) atoms. The van der Waals surface area contributed by atoms with Crippen LogP contribution in [0.25, 0.3) is 0 Å². The zero-order valence-corrected chi connectivity index (χ0v) is 17.4. The van der Waals surface area contributed by atoms with Crippen LogP contribution in [0.15, 0.2) is 48.8 Å². The molecule has 2 fully saturated rings. The lowest BCUT2D eigenvalue weighted by molar-refractivity contribution is -0.917. The van der Waals surface area contributed by atoms with Crippen molar-refractivity contribution in [3.63, 3.8) is 0 Å². The van der Waals surface area contributed by atoms with Crippen LogP contribution in [0.2, 0.25) is 0 Å². The first kappa shape index (κ1) is 20.3. The van der Waals surface area contributed by atoms with Gasteiger partial charge in [-0.05, 0) is 31.2 Å². The molecule has 2 saturated heterocycles. The Labute approximate surface area is 177 Å². The third kappa shape index (κ3) is 4.46. The van der Waals surface area contributed by atoms with Gasteiger partial charge in [0, 0.05) is 30.9 Å². The van der Waals surface area contributed by atoms with Gasteiger partial charge in [-0.1, -0.05) is 12.1 Å². The molecule has 0 radical (unpaired) electrons. The number of anilines is 1. The van der Waals surface area contributed by atoms with E-state index in [4.69, 9.17) is 4.74 Å². The maximum absolute atomic E-state index is 13.1. The summed E-state index contributed by atoms with van der Waals surface area (Å²) < 4.78 is 5.67. The Bertz CT molecular complexity index is 881. The second-order valence-electron chi connectivity index (χ2n) is 7.91. The normalized spacial score (nSPS) is 19.9. The molecule has 0 spiro atoms. The summed E-state index contributed by atoms with van der Waals surface area (Å²) in [7, 11) is 0. The summed E-state index contributed by atoms with van der Waals surface area (Å²) in [5.41, 5.74) is 2.02. The smallest absolute Gasteiger partial charge is 0.228 e. The number of hydrogen-bond acceptors (Lipinski definition) is 4. The topological polar surface area (TPSA) is 67.2 Å². The minimum Gasteiger partial charge on any atom is -0.492 e. The SMILES string of the molecule is CCOc1ccccc1N1C[C@@H](C(=O)N2CC[NH+](Cc3ccncc3)CC2)CC1=O. The zero-order valence-electron chi connectivity index (χ0n) is 17.4. The standard InChI is InChI=1S/C23H28N4O3/c1-2-30-21-6-4-3-5-20(21)27-17-19(15-22(27)28)23(29)26-13-11-25(12-14-26)16-18-7-9-24-10-8-18/h3-10,19H,2,11-17H2,1H3/p+1/t19-/m0/s1. The van der Waals surface area contributed by atoms with E-state index in [0.717, 1.165) is 38.4 Å². The van der Waals surface area contributed by atoms with Crippen molar-refractivity contribution < 1.29 is 19.2 Å². The molecule has 158 valence electrons. The van der Waals surface area contributed by atoms with Crippen molar-refractivity contribution >= 4 is 17.5 Å². The fourth-order valence-electron chi connectivity index (χ4n) is 4.33. The number of benzene rings is 1. The van der Waals surface area contributed by atoms with Crippen molar-refractivity contribution in [2.24, 2.45) is 5.92 Å². The quantitative estimate of drug-likeness (QED) is 0.765. The number of nitrogens with one attached hydrogen (secondary N) is 1. The summed E-state index contributed by atoms with van der Waals surface area (Å²) in [6.45, 7) is 7.15. The molecule has 0 saturated carbocycles. The predicted molar refractivity (Wildman–Crippen MR) is 113 cm³/mol. The summed E-state index contributed by atoms with van der Waals surface area (Å²) in [4.78, 5) is 35.0. The number of nitrogens with zero attached hydrogens (tertiary/aromatic N) is 3. The van der Waals surface area contributed by atoms with Crippen molar-refractivity contribution in [1.82, 2.24) is 9.88 Å². The number of piperazine rings is 1. The molecule has 7 nitrogen and oxygen atoms in total. The lowest BCUT2D eigenvalue weighted by atomic mass is 10.1. The van der Waals surface area contributed by atoms with Crippen LogP contribution < -0.4 is 14.5 Å². The van der Waals surface area contributed by atoms with E-state index in [-0.39, 0.29) is 24.2 Å². The van der Waals surface area contributed by atoms with Gasteiger partial charge in [0.2, 0.25) is 11.8 Å². The average molecular weight is 410 g/mol. The lowest BCUT2D eigenvalue weighted by Crippen LogP contribution is -3.13. The molecule has 1 atom stereocenters. The molecule has 0 aliphatic carbocycles. The molecule has 1 N–H and O–H groups in total. The van der Waals surface area contributed by atoms with Gasteiger partial charge in [-0.3, -0.25) is 14.6 Å². The summed E-state index contributed by atoms with van der Waals surface area (Å²) in [5.74, 6) is 0.494. The van der Waals surface area contributed by atoms with Gasteiger partial charge in [-0.15, -0.1) is 0 Å². The van der Waals surface area contributed by atoms with E-state index in [1.165, 1.54) is 10.5 Å². The highest BCUT2D eigenvalue weighted by Gasteiger charge is 2.39. The van der Waals surface area contributed by atoms with Gasteiger partial charge in [0.25, 0.3) is 0 Å². The molecule has 2 aliphatic rings. The Balaban J connectivity index is 1.34. The minimum atomic E-state index is -0.283. The molecule has 3 heterocycles. The minimum absolute atomic E-state index is 0.0116. The fourth-order valence-corrected chi connectivity index (χ4v) is 4.33. The van der Waals surface area contributed by atoms with E-state index in [0.29, 0.717) is 18.9 Å². The summed E-state index contributed by atoms with van der Waals surface area (Å²) in [5, 5.41) is 0. The number of aromatic nitrogens is 1. The highest BCUT2D eigenvalue weighted by molar-refractivity contribution is 6.01. The van der Waals surface area contributed by atoms with E-state index in [9.17, 15) is 9.59 Å². The Hall–Kier alpha value is -2.93. The molecule has 1 aromatic carbocycles. The Kier molecular flexibility index (Phi) is 6.28. The maximum Gasteiger partial charge on any atom is 0.228 e. The van der Waals surface area contributed by atoms with Crippen LogP contribution in [0.5, 0.6) is 5.75 Å². The Morgan fingerprint density at radius 2 is 1.90 bits per heavy atom. The van der Waals surface area contributed by atoms with Gasteiger partial charge >= 0.3 is 0 Å². The molecule has 0 bridgehead atoms. The fraction of sp³-hybridized carbons (Fsp3) is 0.435. The predicted octanol–water partition coefficient (Wildman–Crippen LogP) is 0.761. The highest BCUT2D eigenvalue weighted by atomic mass is 16.5. The van der Waals surface area contributed by atoms with Gasteiger partial charge in [0.05, 0.1) is 44.4 Å². The van der Waals surface area contributed by atoms with Gasteiger partial charge in [0.1, 0.15) is 12.3 Å². The summed E-state index contributed by atoms with van der Waals surface area (Å²) in [6, 6.07) is 11.6. The highest BCUT2D eigenvalue weighted by Crippen LogP contribution is 2.33. The molecule has 0 unspecified atom stereocenters. The molecule has 4 rings (SSSR count). The number of amides is 2. The van der Waals surface area contributed by atoms with Crippen LogP contribution in [0.3, 0.4) is 0 Å². The van der Waals surface area contributed by atoms with Gasteiger partial charge in [-0.25, -0.2) is 0 Å². The monoisotopic (exact) mass is 409 g/mol. The van der Waals surface area contributed by atoms with Crippen LogP contribution in [0, 0.1) is 5.92 Å². The molecule has 1 aromatic heterocycles. The number of ether oxygens (including phenoxy) is 1. The number of rotatable bonds is 6. The second-order valence-corrected chi connectivity index (χ2v) is 7.91. The van der Waals surface area contributed by atoms with Crippen LogP contribution in [0.4, 0.5) is 5.69 Å². The lowest BCUT2D eigenvalue weighted by Gasteiger charge is -2.33. The molecule has 2 amide bonds. The van der Waals surface area contributed by atoms with Gasteiger partial charge < -0.3 is 19.4 Å². The molecular formula is C23H29N4O3+. The molecule has 7 heteroatoms. The first-order valence-electron chi connectivity index (χ1n) is 10.7.